The van der Waals surface area contributed by atoms with Gasteiger partial charge >= 0.3 is 0 Å². The second kappa shape index (κ2) is 7.01. The van der Waals surface area contributed by atoms with Crippen LogP contribution in [0.5, 0.6) is 0 Å². The maximum Gasteiger partial charge on any atom is 0.192 e. The Morgan fingerprint density at radius 3 is 2.52 bits per heavy atom. The molecule has 0 radical (unpaired) electrons. The molecule has 3 atom stereocenters. The molecule has 3 nitrogen and oxygen atoms in total. The van der Waals surface area contributed by atoms with E-state index in [0.29, 0.717) is 25.3 Å². The Labute approximate surface area is 140 Å². The zero-order chi connectivity index (χ0) is 17.3. The van der Waals surface area contributed by atoms with Crippen LogP contribution in [0.4, 0.5) is 4.39 Å². The Balaban J connectivity index is 2.22. The van der Waals surface area contributed by atoms with Crippen LogP contribution in [0.2, 0.25) is 18.1 Å². The number of hydrogen-bond acceptors (Lipinski definition) is 3. The van der Waals surface area contributed by atoms with E-state index in [4.69, 9.17) is 14.9 Å². The van der Waals surface area contributed by atoms with Gasteiger partial charge in [-0.1, -0.05) is 39.0 Å². The Morgan fingerprint density at radius 2 is 1.96 bits per heavy atom. The van der Waals surface area contributed by atoms with Gasteiger partial charge in [0.1, 0.15) is 5.82 Å². The molecule has 23 heavy (non-hydrogen) atoms. The lowest BCUT2D eigenvalue weighted by molar-refractivity contribution is 0.121. The summed E-state index contributed by atoms with van der Waals surface area (Å²) in [5.41, 5.74) is 6.67. The van der Waals surface area contributed by atoms with Crippen LogP contribution in [0, 0.1) is 11.7 Å². The van der Waals surface area contributed by atoms with Gasteiger partial charge < -0.3 is 14.9 Å². The number of rotatable bonds is 5. The van der Waals surface area contributed by atoms with E-state index in [0.717, 1.165) is 0 Å². The number of halogens is 1. The van der Waals surface area contributed by atoms with Crippen molar-refractivity contribution in [1.82, 2.24) is 0 Å². The summed E-state index contributed by atoms with van der Waals surface area (Å²) in [5, 5.41) is 0.135. The van der Waals surface area contributed by atoms with Crippen LogP contribution >= 0.6 is 0 Å². The smallest absolute Gasteiger partial charge is 0.192 e. The molecule has 0 spiro atoms. The van der Waals surface area contributed by atoms with Gasteiger partial charge in [-0.2, -0.15) is 0 Å². The lowest BCUT2D eigenvalue weighted by atomic mass is 9.84. The third-order valence-corrected chi connectivity index (χ3v) is 9.90. The van der Waals surface area contributed by atoms with E-state index in [1.54, 1.807) is 6.07 Å². The molecule has 1 saturated heterocycles. The standard InChI is InChI=1S/C18H30FNO2Si/c1-18(2,3)23(4,5)22-17-12-21-11-15(17)14(10-20)13-8-6-7-9-16(13)19/h6-9,14-15,17H,10-12,20H2,1-5H3/t14?,15-,17-/m1/s1. The highest BCUT2D eigenvalue weighted by Crippen LogP contribution is 2.41. The molecule has 0 aliphatic carbocycles. The molecule has 1 heterocycles. The molecule has 5 heteroatoms. The van der Waals surface area contributed by atoms with Gasteiger partial charge in [0, 0.05) is 11.8 Å². The van der Waals surface area contributed by atoms with Crippen LogP contribution in [-0.2, 0) is 9.16 Å². The molecule has 130 valence electrons. The van der Waals surface area contributed by atoms with Crippen molar-refractivity contribution >= 4 is 8.32 Å². The lowest BCUT2D eigenvalue weighted by Crippen LogP contribution is -2.47. The molecule has 1 aromatic rings. The first-order valence-corrected chi connectivity index (χ1v) is 11.3. The molecule has 0 amide bonds. The predicted molar refractivity (Wildman–Crippen MR) is 94.6 cm³/mol. The topological polar surface area (TPSA) is 44.5 Å². The van der Waals surface area contributed by atoms with Crippen molar-refractivity contribution in [3.8, 4) is 0 Å². The minimum absolute atomic E-state index is 0.0101. The monoisotopic (exact) mass is 339 g/mol. The Morgan fingerprint density at radius 1 is 1.30 bits per heavy atom. The van der Waals surface area contributed by atoms with Crippen molar-refractivity contribution in [3.05, 3.63) is 35.6 Å². The van der Waals surface area contributed by atoms with Crippen molar-refractivity contribution < 1.29 is 13.6 Å². The number of ether oxygens (including phenoxy) is 1. The summed E-state index contributed by atoms with van der Waals surface area (Å²) in [6, 6.07) is 6.90. The highest BCUT2D eigenvalue weighted by Gasteiger charge is 2.44. The minimum Gasteiger partial charge on any atom is -0.411 e. The lowest BCUT2D eigenvalue weighted by Gasteiger charge is -2.40. The van der Waals surface area contributed by atoms with E-state index in [1.165, 1.54) is 6.07 Å². The van der Waals surface area contributed by atoms with Gasteiger partial charge in [0.15, 0.2) is 8.32 Å². The number of hydrogen-bond donors (Lipinski definition) is 1. The van der Waals surface area contributed by atoms with Gasteiger partial charge in [-0.15, -0.1) is 0 Å². The summed E-state index contributed by atoms with van der Waals surface area (Å²) in [6.07, 6.45) is -0.0101. The molecular formula is C18H30FNO2Si. The van der Waals surface area contributed by atoms with E-state index < -0.39 is 8.32 Å². The van der Waals surface area contributed by atoms with E-state index in [1.807, 2.05) is 12.1 Å². The normalized spacial score (nSPS) is 24.0. The first kappa shape index (κ1) is 18.6. The summed E-state index contributed by atoms with van der Waals surface area (Å²) < 4.78 is 26.5. The zero-order valence-electron chi connectivity index (χ0n) is 14.9. The van der Waals surface area contributed by atoms with Gasteiger partial charge in [0.25, 0.3) is 0 Å². The molecule has 1 fully saturated rings. The van der Waals surface area contributed by atoms with E-state index in [2.05, 4.69) is 33.9 Å². The second-order valence-electron chi connectivity index (χ2n) is 7.98. The minimum atomic E-state index is -1.90. The molecule has 0 bridgehead atoms. The SMILES string of the molecule is CC(C)(C)[Si](C)(C)O[C@@H]1COC[C@@H]1C(CN)c1ccccc1F. The maximum absolute atomic E-state index is 14.2. The molecule has 1 aromatic carbocycles. The van der Waals surface area contributed by atoms with Crippen molar-refractivity contribution in [2.75, 3.05) is 19.8 Å². The molecule has 0 aromatic heterocycles. The molecule has 1 unspecified atom stereocenters. The van der Waals surface area contributed by atoms with Crippen LogP contribution in [0.25, 0.3) is 0 Å². The van der Waals surface area contributed by atoms with Crippen molar-refractivity contribution in [2.24, 2.45) is 11.7 Å². The molecule has 2 N–H and O–H groups in total. The average molecular weight is 340 g/mol. The van der Waals surface area contributed by atoms with E-state index in [-0.39, 0.29) is 28.8 Å². The quantitative estimate of drug-likeness (QED) is 0.827. The van der Waals surface area contributed by atoms with Crippen molar-refractivity contribution in [2.45, 2.75) is 50.9 Å². The van der Waals surface area contributed by atoms with Crippen LogP contribution in [0.15, 0.2) is 24.3 Å². The molecule has 1 aliphatic heterocycles. The maximum atomic E-state index is 14.2. The third kappa shape index (κ3) is 4.02. The van der Waals surface area contributed by atoms with Gasteiger partial charge in [-0.05, 0) is 36.3 Å². The second-order valence-corrected chi connectivity index (χ2v) is 12.7. The Kier molecular flexibility index (Phi) is 5.66. The van der Waals surface area contributed by atoms with Crippen molar-refractivity contribution in [3.63, 3.8) is 0 Å². The van der Waals surface area contributed by atoms with Gasteiger partial charge in [-0.3, -0.25) is 0 Å². The van der Waals surface area contributed by atoms with Crippen LogP contribution in [0.1, 0.15) is 32.3 Å². The average Bonchev–Trinajstić information content (AvgIpc) is 2.88. The van der Waals surface area contributed by atoms with Gasteiger partial charge in [0.2, 0.25) is 0 Å². The first-order chi connectivity index (χ1) is 10.7. The van der Waals surface area contributed by atoms with Crippen LogP contribution < -0.4 is 5.73 Å². The highest BCUT2D eigenvalue weighted by atomic mass is 28.4. The van der Waals surface area contributed by atoms with E-state index in [9.17, 15) is 4.39 Å². The Bertz CT molecular complexity index is 530. The summed E-state index contributed by atoms with van der Waals surface area (Å²) in [7, 11) is -1.90. The molecule has 0 saturated carbocycles. The molecular weight excluding hydrogens is 309 g/mol. The largest absolute Gasteiger partial charge is 0.411 e. The number of nitrogens with two attached hydrogens (primary N) is 1. The number of benzene rings is 1. The van der Waals surface area contributed by atoms with Crippen LogP contribution in [-0.4, -0.2) is 34.2 Å². The fourth-order valence-corrected chi connectivity index (χ4v) is 4.26. The predicted octanol–water partition coefficient (Wildman–Crippen LogP) is 3.90. The molecule has 1 aliphatic rings. The summed E-state index contributed by atoms with van der Waals surface area (Å²) in [4.78, 5) is 0. The zero-order valence-corrected chi connectivity index (χ0v) is 15.9. The highest BCUT2D eigenvalue weighted by molar-refractivity contribution is 6.74. The van der Waals surface area contributed by atoms with Crippen LogP contribution in [0.3, 0.4) is 0 Å². The fraction of sp³-hybridized carbons (Fsp3) is 0.667. The van der Waals surface area contributed by atoms with E-state index >= 15 is 0 Å². The third-order valence-electron chi connectivity index (χ3n) is 5.40. The Hall–Kier alpha value is -0.753. The first-order valence-electron chi connectivity index (χ1n) is 8.37. The van der Waals surface area contributed by atoms with Crippen molar-refractivity contribution in [1.29, 1.82) is 0 Å². The summed E-state index contributed by atoms with van der Waals surface area (Å²) in [6.45, 7) is 12.7. The summed E-state index contributed by atoms with van der Waals surface area (Å²) in [5.74, 6) is -0.166. The fourth-order valence-electron chi connectivity index (χ4n) is 2.91. The van der Waals surface area contributed by atoms with Gasteiger partial charge in [-0.25, -0.2) is 4.39 Å². The van der Waals surface area contributed by atoms with Gasteiger partial charge in [0.05, 0.1) is 19.3 Å². The molecule has 2 rings (SSSR count). The summed E-state index contributed by atoms with van der Waals surface area (Å²) >= 11 is 0.